The van der Waals surface area contributed by atoms with E-state index in [2.05, 4.69) is 26.0 Å². The molecule has 0 aliphatic carbocycles. The Morgan fingerprint density at radius 1 is 1.17 bits per heavy atom. The van der Waals surface area contributed by atoms with Crippen LogP contribution in [-0.4, -0.2) is 12.9 Å². The van der Waals surface area contributed by atoms with Gasteiger partial charge in [-0.05, 0) is 30.2 Å². The molecule has 0 fully saturated rings. The van der Waals surface area contributed by atoms with Gasteiger partial charge in [0, 0.05) is 13.0 Å². The lowest BCUT2D eigenvalue weighted by atomic mass is 9.83. The van der Waals surface area contributed by atoms with Crippen LogP contribution in [0, 0.1) is 5.41 Å². The number of ether oxygens (including phenoxy) is 1. The number of carbonyl (C=O) groups is 1. The predicted octanol–water partition coefficient (Wildman–Crippen LogP) is 3.99. The first-order valence-corrected chi connectivity index (χ1v) is 6.69. The highest BCUT2D eigenvalue weighted by atomic mass is 16.5. The van der Waals surface area contributed by atoms with Crippen LogP contribution in [0.15, 0.2) is 30.3 Å². The van der Waals surface area contributed by atoms with Crippen LogP contribution in [0.1, 0.15) is 45.1 Å². The second kappa shape index (κ2) is 8.04. The first-order chi connectivity index (χ1) is 8.64. The number of benzene rings is 1. The molecule has 1 aromatic carbocycles. The normalized spacial score (nSPS) is 11.4. The van der Waals surface area contributed by atoms with Crippen molar-refractivity contribution in [1.29, 1.82) is 0 Å². The number of aldehydes is 1. The second-order valence-electron chi connectivity index (χ2n) is 5.51. The Labute approximate surface area is 110 Å². The lowest BCUT2D eigenvalue weighted by Crippen LogP contribution is -2.12. The number of carbonyl (C=O) groups excluding carboxylic acids is 1. The van der Waals surface area contributed by atoms with Crippen molar-refractivity contribution in [2.45, 2.75) is 46.1 Å². The zero-order valence-electron chi connectivity index (χ0n) is 11.5. The molecule has 0 unspecified atom stereocenters. The summed E-state index contributed by atoms with van der Waals surface area (Å²) in [5.74, 6) is 0. The van der Waals surface area contributed by atoms with E-state index in [0.717, 1.165) is 32.2 Å². The van der Waals surface area contributed by atoms with Gasteiger partial charge in [0.1, 0.15) is 6.29 Å². The van der Waals surface area contributed by atoms with Crippen molar-refractivity contribution in [3.05, 3.63) is 35.9 Å². The van der Waals surface area contributed by atoms with Gasteiger partial charge in [0.15, 0.2) is 0 Å². The molecule has 2 heteroatoms. The van der Waals surface area contributed by atoms with Gasteiger partial charge >= 0.3 is 0 Å². The first kappa shape index (κ1) is 14.9. The fourth-order valence-corrected chi connectivity index (χ4v) is 1.99. The maximum Gasteiger partial charge on any atom is 0.120 e. The van der Waals surface area contributed by atoms with Crippen LogP contribution >= 0.6 is 0 Å². The van der Waals surface area contributed by atoms with Gasteiger partial charge in [-0.1, -0.05) is 44.2 Å². The fourth-order valence-electron chi connectivity index (χ4n) is 1.99. The molecule has 0 saturated heterocycles. The smallest absolute Gasteiger partial charge is 0.120 e. The molecule has 0 heterocycles. The van der Waals surface area contributed by atoms with Gasteiger partial charge < -0.3 is 9.53 Å². The maximum atomic E-state index is 10.4. The Morgan fingerprint density at radius 2 is 1.89 bits per heavy atom. The highest BCUT2D eigenvalue weighted by Gasteiger charge is 2.16. The molecule has 1 rings (SSSR count). The van der Waals surface area contributed by atoms with Crippen molar-refractivity contribution >= 4 is 6.29 Å². The zero-order chi connectivity index (χ0) is 13.3. The monoisotopic (exact) mass is 248 g/mol. The molecular formula is C16H24O2. The summed E-state index contributed by atoms with van der Waals surface area (Å²) in [4.78, 5) is 10.4. The Balaban J connectivity index is 2.09. The molecule has 0 radical (unpaired) electrons. The van der Waals surface area contributed by atoms with E-state index >= 15 is 0 Å². The second-order valence-corrected chi connectivity index (χ2v) is 5.51. The SMILES string of the molecule is CC(C)(CCC=O)CCCOCc1ccccc1. The Hall–Kier alpha value is -1.15. The number of rotatable bonds is 9. The molecule has 100 valence electrons. The highest BCUT2D eigenvalue weighted by Crippen LogP contribution is 2.27. The predicted molar refractivity (Wildman–Crippen MR) is 74.4 cm³/mol. The van der Waals surface area contributed by atoms with Crippen LogP contribution in [-0.2, 0) is 16.1 Å². The molecule has 0 aliphatic rings. The van der Waals surface area contributed by atoms with E-state index in [0.29, 0.717) is 13.0 Å². The van der Waals surface area contributed by atoms with Crippen molar-refractivity contribution in [3.63, 3.8) is 0 Å². The van der Waals surface area contributed by atoms with E-state index in [-0.39, 0.29) is 5.41 Å². The average Bonchev–Trinajstić information content (AvgIpc) is 2.37. The summed E-state index contributed by atoms with van der Waals surface area (Å²) in [6, 6.07) is 10.2. The minimum absolute atomic E-state index is 0.247. The van der Waals surface area contributed by atoms with E-state index in [4.69, 9.17) is 4.74 Å². The third kappa shape index (κ3) is 6.55. The molecule has 0 aliphatic heterocycles. The van der Waals surface area contributed by atoms with Crippen LogP contribution in [0.4, 0.5) is 0 Å². The van der Waals surface area contributed by atoms with Crippen molar-refractivity contribution in [2.24, 2.45) is 5.41 Å². The molecule has 0 N–H and O–H groups in total. The molecule has 2 nitrogen and oxygen atoms in total. The maximum absolute atomic E-state index is 10.4. The van der Waals surface area contributed by atoms with Crippen LogP contribution in [0.3, 0.4) is 0 Å². The molecule has 0 bridgehead atoms. The zero-order valence-corrected chi connectivity index (χ0v) is 11.5. The van der Waals surface area contributed by atoms with Gasteiger partial charge in [-0.2, -0.15) is 0 Å². The Kier molecular flexibility index (Phi) is 6.66. The summed E-state index contributed by atoms with van der Waals surface area (Å²) in [5, 5.41) is 0. The molecule has 18 heavy (non-hydrogen) atoms. The van der Waals surface area contributed by atoms with Crippen molar-refractivity contribution in [1.82, 2.24) is 0 Å². The lowest BCUT2D eigenvalue weighted by molar-refractivity contribution is -0.108. The fraction of sp³-hybridized carbons (Fsp3) is 0.562. The molecule has 0 aromatic heterocycles. The van der Waals surface area contributed by atoms with Gasteiger partial charge in [-0.25, -0.2) is 0 Å². The molecule has 0 saturated carbocycles. The van der Waals surface area contributed by atoms with E-state index in [9.17, 15) is 4.79 Å². The van der Waals surface area contributed by atoms with E-state index < -0.39 is 0 Å². The third-order valence-corrected chi connectivity index (χ3v) is 3.19. The van der Waals surface area contributed by atoms with Crippen molar-refractivity contribution in [3.8, 4) is 0 Å². The van der Waals surface area contributed by atoms with Crippen molar-refractivity contribution in [2.75, 3.05) is 6.61 Å². The highest BCUT2D eigenvalue weighted by molar-refractivity contribution is 5.49. The van der Waals surface area contributed by atoms with Gasteiger partial charge in [0.2, 0.25) is 0 Å². The summed E-state index contributed by atoms with van der Waals surface area (Å²) in [6.45, 7) is 5.91. The molecule has 0 spiro atoms. The van der Waals surface area contributed by atoms with E-state index in [1.807, 2.05) is 18.2 Å². The van der Waals surface area contributed by atoms with E-state index in [1.54, 1.807) is 0 Å². The van der Waals surface area contributed by atoms with Gasteiger partial charge in [-0.15, -0.1) is 0 Å². The van der Waals surface area contributed by atoms with Gasteiger partial charge in [0.25, 0.3) is 0 Å². The molecular weight excluding hydrogens is 224 g/mol. The van der Waals surface area contributed by atoms with E-state index in [1.165, 1.54) is 5.56 Å². The van der Waals surface area contributed by atoms with Crippen LogP contribution < -0.4 is 0 Å². The minimum Gasteiger partial charge on any atom is -0.377 e. The molecule has 1 aromatic rings. The summed E-state index contributed by atoms with van der Waals surface area (Å²) in [6.07, 6.45) is 4.80. The topological polar surface area (TPSA) is 26.3 Å². The van der Waals surface area contributed by atoms with Gasteiger partial charge in [0.05, 0.1) is 6.61 Å². The molecule has 0 atom stereocenters. The third-order valence-electron chi connectivity index (χ3n) is 3.19. The molecule has 0 amide bonds. The van der Waals surface area contributed by atoms with Crippen molar-refractivity contribution < 1.29 is 9.53 Å². The Morgan fingerprint density at radius 3 is 2.56 bits per heavy atom. The summed E-state index contributed by atoms with van der Waals surface area (Å²) in [7, 11) is 0. The van der Waals surface area contributed by atoms with Gasteiger partial charge in [-0.3, -0.25) is 0 Å². The quantitative estimate of drug-likeness (QED) is 0.488. The Bertz CT molecular complexity index is 330. The lowest BCUT2D eigenvalue weighted by Gasteiger charge is -2.23. The largest absolute Gasteiger partial charge is 0.377 e. The number of hydrogen-bond donors (Lipinski definition) is 0. The summed E-state index contributed by atoms with van der Waals surface area (Å²) < 4.78 is 5.65. The standard InChI is InChI=1S/C16H24O2/c1-16(2,10-6-12-17)11-7-13-18-14-15-8-4-3-5-9-15/h3-5,8-9,12H,6-7,10-11,13-14H2,1-2H3. The van der Waals surface area contributed by atoms with Crippen LogP contribution in [0.2, 0.25) is 0 Å². The van der Waals surface area contributed by atoms with Crippen LogP contribution in [0.5, 0.6) is 0 Å². The summed E-state index contributed by atoms with van der Waals surface area (Å²) in [5.41, 5.74) is 1.47. The minimum atomic E-state index is 0.247. The number of hydrogen-bond acceptors (Lipinski definition) is 2. The summed E-state index contributed by atoms with van der Waals surface area (Å²) >= 11 is 0. The first-order valence-electron chi connectivity index (χ1n) is 6.69. The average molecular weight is 248 g/mol. The van der Waals surface area contributed by atoms with Crippen LogP contribution in [0.25, 0.3) is 0 Å².